The zero-order valence-corrected chi connectivity index (χ0v) is 16.7. The van der Waals surface area contributed by atoms with Crippen molar-refractivity contribution < 1.29 is 43.2 Å². The predicted molar refractivity (Wildman–Crippen MR) is 98.4 cm³/mol. The summed E-state index contributed by atoms with van der Waals surface area (Å²) in [6.07, 6.45) is -4.71. The number of carboxylic acid groups (broad SMARTS) is 1. The Morgan fingerprint density at radius 1 is 0.931 bits per heavy atom. The quantitative estimate of drug-likeness (QED) is 0.411. The number of esters is 2. The molecule has 1 aromatic rings. The summed E-state index contributed by atoms with van der Waals surface area (Å²) >= 11 is 0. The van der Waals surface area contributed by atoms with E-state index in [1.807, 2.05) is 0 Å². The number of hydrogen-bond donors (Lipinski definition) is 1. The van der Waals surface area contributed by atoms with Gasteiger partial charge in [0.25, 0.3) is 5.91 Å². The van der Waals surface area contributed by atoms with Crippen LogP contribution < -0.4 is 0 Å². The average Bonchev–Trinajstić information content (AvgIpc) is 2.67. The molecule has 160 valence electrons. The molecule has 0 spiro atoms. The molecule has 0 radical (unpaired) electrons. The van der Waals surface area contributed by atoms with E-state index in [0.717, 1.165) is 19.4 Å². The second kappa shape index (κ2) is 11.8. The highest BCUT2D eigenvalue weighted by molar-refractivity contribution is 5.91. The summed E-state index contributed by atoms with van der Waals surface area (Å²) in [6, 6.07) is 8.85. The monoisotopic (exact) mass is 411 g/mol. The lowest BCUT2D eigenvalue weighted by atomic mass is 10.1. The zero-order chi connectivity index (χ0) is 22.0. The summed E-state index contributed by atoms with van der Waals surface area (Å²) in [5, 5.41) is 9.41. The van der Waals surface area contributed by atoms with Crippen molar-refractivity contribution in [1.82, 2.24) is 4.90 Å². The number of benzene rings is 1. The number of carbonyl (C=O) groups is 4. The van der Waals surface area contributed by atoms with E-state index < -0.39 is 42.3 Å². The smallest absolute Gasteiger partial charge is 0.349 e. The molecule has 0 aliphatic carbocycles. The van der Waals surface area contributed by atoms with Gasteiger partial charge < -0.3 is 29.0 Å². The van der Waals surface area contributed by atoms with Gasteiger partial charge in [-0.3, -0.25) is 14.4 Å². The van der Waals surface area contributed by atoms with Crippen LogP contribution in [0, 0.1) is 0 Å². The van der Waals surface area contributed by atoms with E-state index in [1.165, 1.54) is 19.1 Å². The lowest BCUT2D eigenvalue weighted by molar-refractivity contribution is -0.186. The van der Waals surface area contributed by atoms with Gasteiger partial charge in [-0.25, -0.2) is 4.79 Å². The molecule has 10 nitrogen and oxygen atoms in total. The second-order valence-electron chi connectivity index (χ2n) is 6.00. The van der Waals surface area contributed by atoms with Gasteiger partial charge >= 0.3 is 17.9 Å². The maximum atomic E-state index is 13.2. The standard InChI is InChI=1S/C19H25NO9/c1-12(21)28-16(17(19(24)25)29-13(2)22)18(23)20(11-15(26-3)27-4)10-14-8-6-5-7-9-14/h5-9,15-17H,10-11H2,1-4H3,(H,24,25)/t16-,17-/m1/s1. The predicted octanol–water partition coefficient (Wildman–Crippen LogP) is 0.582. The van der Waals surface area contributed by atoms with Gasteiger partial charge in [-0.2, -0.15) is 0 Å². The largest absolute Gasteiger partial charge is 0.478 e. The Morgan fingerprint density at radius 3 is 1.90 bits per heavy atom. The fourth-order valence-electron chi connectivity index (χ4n) is 2.48. The fraction of sp³-hybridized carbons (Fsp3) is 0.474. The molecule has 0 bridgehead atoms. The molecule has 10 heteroatoms. The van der Waals surface area contributed by atoms with Gasteiger partial charge in [0.2, 0.25) is 12.2 Å². The Labute approximate surface area is 168 Å². The Hall–Kier alpha value is -2.98. The number of rotatable bonds is 11. The third-order valence-electron chi connectivity index (χ3n) is 3.77. The molecule has 29 heavy (non-hydrogen) atoms. The minimum Gasteiger partial charge on any atom is -0.478 e. The number of nitrogens with zero attached hydrogens (tertiary/aromatic N) is 1. The highest BCUT2D eigenvalue weighted by Gasteiger charge is 2.42. The van der Waals surface area contributed by atoms with Crippen molar-refractivity contribution in [2.24, 2.45) is 0 Å². The van der Waals surface area contributed by atoms with Crippen LogP contribution in [0.3, 0.4) is 0 Å². The van der Waals surface area contributed by atoms with Crippen molar-refractivity contribution in [2.45, 2.75) is 38.9 Å². The van der Waals surface area contributed by atoms with Gasteiger partial charge in [0.05, 0.1) is 6.54 Å². The topological polar surface area (TPSA) is 129 Å². The molecular weight excluding hydrogens is 386 g/mol. The zero-order valence-electron chi connectivity index (χ0n) is 16.7. The van der Waals surface area contributed by atoms with Crippen molar-refractivity contribution >= 4 is 23.8 Å². The molecule has 2 atom stereocenters. The van der Waals surface area contributed by atoms with E-state index in [9.17, 15) is 24.3 Å². The van der Waals surface area contributed by atoms with Gasteiger partial charge in [-0.1, -0.05) is 30.3 Å². The number of carboxylic acids is 1. The van der Waals surface area contributed by atoms with E-state index in [2.05, 4.69) is 0 Å². The number of aliphatic carboxylic acids is 1. The van der Waals surface area contributed by atoms with E-state index >= 15 is 0 Å². The van der Waals surface area contributed by atoms with E-state index in [4.69, 9.17) is 18.9 Å². The van der Waals surface area contributed by atoms with Gasteiger partial charge in [0, 0.05) is 34.6 Å². The Morgan fingerprint density at radius 2 is 1.45 bits per heavy atom. The lowest BCUT2D eigenvalue weighted by Crippen LogP contribution is -2.52. The van der Waals surface area contributed by atoms with Crippen LogP contribution in [0.1, 0.15) is 19.4 Å². The van der Waals surface area contributed by atoms with Gasteiger partial charge in [0.1, 0.15) is 0 Å². The summed E-state index contributed by atoms with van der Waals surface area (Å²) in [6.45, 7) is 1.96. The lowest BCUT2D eigenvalue weighted by Gasteiger charge is -2.31. The maximum absolute atomic E-state index is 13.2. The van der Waals surface area contributed by atoms with E-state index in [0.29, 0.717) is 0 Å². The minimum atomic E-state index is -2.01. The molecule has 0 fully saturated rings. The summed E-state index contributed by atoms with van der Waals surface area (Å²) in [4.78, 5) is 48.8. The summed E-state index contributed by atoms with van der Waals surface area (Å²) in [7, 11) is 2.75. The number of ether oxygens (including phenoxy) is 4. The first-order valence-electron chi connectivity index (χ1n) is 8.65. The third-order valence-corrected chi connectivity index (χ3v) is 3.77. The summed E-state index contributed by atoms with van der Waals surface area (Å²) < 4.78 is 19.9. The van der Waals surface area contributed by atoms with E-state index in [-0.39, 0.29) is 13.1 Å². The van der Waals surface area contributed by atoms with Crippen LogP contribution in [0.4, 0.5) is 0 Å². The third kappa shape index (κ3) is 7.88. The molecular formula is C19H25NO9. The molecule has 0 heterocycles. The number of amides is 1. The molecule has 0 aromatic heterocycles. The van der Waals surface area contributed by atoms with Crippen LogP contribution in [-0.2, 0) is 44.7 Å². The van der Waals surface area contributed by atoms with Crippen LogP contribution in [0.2, 0.25) is 0 Å². The molecule has 0 saturated carbocycles. The first kappa shape index (κ1) is 24.1. The first-order valence-corrected chi connectivity index (χ1v) is 8.65. The van der Waals surface area contributed by atoms with Crippen molar-refractivity contribution in [3.63, 3.8) is 0 Å². The van der Waals surface area contributed by atoms with Crippen molar-refractivity contribution in [3.05, 3.63) is 35.9 Å². The van der Waals surface area contributed by atoms with Crippen molar-refractivity contribution in [1.29, 1.82) is 0 Å². The summed E-state index contributed by atoms with van der Waals surface area (Å²) in [5.74, 6) is -4.36. The molecule has 1 N–H and O–H groups in total. The van der Waals surface area contributed by atoms with Crippen LogP contribution in [0.5, 0.6) is 0 Å². The molecule has 0 unspecified atom stereocenters. The van der Waals surface area contributed by atoms with Gasteiger partial charge in [0.15, 0.2) is 6.29 Å². The van der Waals surface area contributed by atoms with Crippen molar-refractivity contribution in [2.75, 3.05) is 20.8 Å². The molecule has 0 aliphatic heterocycles. The van der Waals surface area contributed by atoms with Gasteiger partial charge in [-0.05, 0) is 5.56 Å². The van der Waals surface area contributed by atoms with Crippen LogP contribution >= 0.6 is 0 Å². The Kier molecular flexibility index (Phi) is 9.76. The highest BCUT2D eigenvalue weighted by Crippen LogP contribution is 2.15. The normalized spacial score (nSPS) is 12.7. The van der Waals surface area contributed by atoms with Crippen LogP contribution in [0.15, 0.2) is 30.3 Å². The maximum Gasteiger partial charge on any atom is 0.349 e. The molecule has 1 rings (SSSR count). The SMILES string of the molecule is COC(CN(Cc1ccccc1)C(=O)[C@H](OC(C)=O)[C@@H](OC(C)=O)C(=O)O)OC. The number of methoxy groups -OCH3 is 2. The Balaban J connectivity index is 3.26. The molecule has 1 amide bonds. The number of hydrogen-bond acceptors (Lipinski definition) is 8. The molecule has 1 aromatic carbocycles. The van der Waals surface area contributed by atoms with Crippen LogP contribution in [-0.4, -0.2) is 73.1 Å². The highest BCUT2D eigenvalue weighted by atomic mass is 16.7. The molecule has 0 saturated heterocycles. The van der Waals surface area contributed by atoms with Crippen molar-refractivity contribution in [3.8, 4) is 0 Å². The Bertz CT molecular complexity index is 703. The van der Waals surface area contributed by atoms with E-state index in [1.54, 1.807) is 30.3 Å². The minimum absolute atomic E-state index is 0.0487. The fourth-order valence-corrected chi connectivity index (χ4v) is 2.48. The molecule has 0 aliphatic rings. The van der Waals surface area contributed by atoms with Crippen LogP contribution in [0.25, 0.3) is 0 Å². The average molecular weight is 411 g/mol. The first-order chi connectivity index (χ1) is 13.7. The van der Waals surface area contributed by atoms with Gasteiger partial charge in [-0.15, -0.1) is 0 Å². The number of carbonyl (C=O) groups excluding carboxylic acids is 3. The summed E-state index contributed by atoms with van der Waals surface area (Å²) in [5.41, 5.74) is 0.729. The second-order valence-corrected chi connectivity index (χ2v) is 6.00.